The molecule has 3 N–H and O–H groups in total. The molecule has 1 atom stereocenters. The lowest BCUT2D eigenvalue weighted by atomic mass is 10.2. The smallest absolute Gasteiger partial charge is 0.230 e. The van der Waals surface area contributed by atoms with Crippen LogP contribution in [0, 0.1) is 0 Å². The Morgan fingerprint density at radius 2 is 1.91 bits per heavy atom. The Hall–Kier alpha value is -3.57. The number of aromatic nitrogens is 4. The molecule has 5 rings (SSSR count). The van der Waals surface area contributed by atoms with Gasteiger partial charge in [0.2, 0.25) is 11.7 Å². The second kappa shape index (κ2) is 9.35. The molecular weight excluding hydrogens is 438 g/mol. The summed E-state index contributed by atoms with van der Waals surface area (Å²) in [4.78, 5) is 16.2. The molecule has 2 aromatic heterocycles. The number of nitrogens with one attached hydrogen (secondary N) is 2. The molecule has 0 amide bonds. The topological polar surface area (TPSA) is 119 Å². The number of methoxy groups -OCH3 is 3. The van der Waals surface area contributed by atoms with Gasteiger partial charge in [0, 0.05) is 37.3 Å². The lowest BCUT2D eigenvalue weighted by Crippen LogP contribution is -2.34. The molecule has 0 saturated carbocycles. The Kier molecular flexibility index (Phi) is 6.12. The fourth-order valence-electron chi connectivity index (χ4n) is 4.61. The highest BCUT2D eigenvalue weighted by Crippen LogP contribution is 2.39. The Morgan fingerprint density at radius 3 is 2.62 bits per heavy atom. The van der Waals surface area contributed by atoms with Crippen LogP contribution in [0.2, 0.25) is 0 Å². The normalized spacial score (nSPS) is 17.1. The van der Waals surface area contributed by atoms with Crippen LogP contribution in [0.3, 0.4) is 0 Å². The van der Waals surface area contributed by atoms with Crippen LogP contribution in [0.25, 0.3) is 5.69 Å². The molecule has 2 aliphatic heterocycles. The van der Waals surface area contributed by atoms with Crippen LogP contribution >= 0.6 is 0 Å². The first-order valence-electron chi connectivity index (χ1n) is 11.2. The van der Waals surface area contributed by atoms with E-state index in [1.54, 1.807) is 27.7 Å². The SMILES string of the molecule is COc1cc(-n2cnc(Nc3nc4c(c(N5CCC[C@@H]5CO)n3)CNC4)c2)cc(OC)c1OC. The summed E-state index contributed by atoms with van der Waals surface area (Å²) in [6.07, 6.45) is 5.55. The Balaban J connectivity index is 1.44. The second-order valence-electron chi connectivity index (χ2n) is 8.25. The monoisotopic (exact) mass is 467 g/mol. The second-order valence-corrected chi connectivity index (χ2v) is 8.25. The molecule has 0 spiro atoms. The maximum Gasteiger partial charge on any atom is 0.230 e. The summed E-state index contributed by atoms with van der Waals surface area (Å²) in [6, 6.07) is 3.79. The fraction of sp³-hybridized carbons (Fsp3) is 0.435. The summed E-state index contributed by atoms with van der Waals surface area (Å²) in [7, 11) is 4.74. The molecule has 0 unspecified atom stereocenters. The van der Waals surface area contributed by atoms with E-state index < -0.39 is 0 Å². The molecule has 2 aliphatic rings. The number of imidazole rings is 1. The van der Waals surface area contributed by atoms with Gasteiger partial charge in [-0.25, -0.2) is 9.97 Å². The summed E-state index contributed by atoms with van der Waals surface area (Å²) in [6.45, 7) is 2.42. The first-order valence-corrected chi connectivity index (χ1v) is 11.2. The summed E-state index contributed by atoms with van der Waals surface area (Å²) in [5.41, 5.74) is 2.88. The van der Waals surface area contributed by atoms with Crippen molar-refractivity contribution in [3.8, 4) is 22.9 Å². The van der Waals surface area contributed by atoms with Crippen molar-refractivity contribution in [2.75, 3.05) is 44.7 Å². The van der Waals surface area contributed by atoms with Gasteiger partial charge < -0.3 is 39.4 Å². The highest BCUT2D eigenvalue weighted by molar-refractivity contribution is 5.60. The molecule has 0 aliphatic carbocycles. The quantitative estimate of drug-likeness (QED) is 0.454. The number of nitrogens with zero attached hydrogens (tertiary/aromatic N) is 5. The molecule has 11 heteroatoms. The third-order valence-electron chi connectivity index (χ3n) is 6.30. The van der Waals surface area contributed by atoms with E-state index in [2.05, 4.69) is 20.5 Å². The predicted molar refractivity (Wildman–Crippen MR) is 127 cm³/mol. The Bertz CT molecular complexity index is 1160. The minimum Gasteiger partial charge on any atom is -0.493 e. The molecule has 180 valence electrons. The average Bonchev–Trinajstić information content (AvgIpc) is 3.63. The lowest BCUT2D eigenvalue weighted by Gasteiger charge is -2.26. The molecular formula is C23H29N7O4. The summed E-state index contributed by atoms with van der Waals surface area (Å²) in [5.74, 6) is 3.62. The van der Waals surface area contributed by atoms with Crippen LogP contribution in [0.4, 0.5) is 17.6 Å². The van der Waals surface area contributed by atoms with Crippen LogP contribution in [0.15, 0.2) is 24.7 Å². The number of hydrogen-bond donors (Lipinski definition) is 3. The first kappa shape index (κ1) is 22.2. The number of ether oxygens (including phenoxy) is 3. The average molecular weight is 468 g/mol. The number of hydrogen-bond acceptors (Lipinski definition) is 10. The molecule has 0 bridgehead atoms. The van der Waals surface area contributed by atoms with Crippen molar-refractivity contribution in [1.82, 2.24) is 24.8 Å². The van der Waals surface area contributed by atoms with E-state index in [-0.39, 0.29) is 12.6 Å². The number of aliphatic hydroxyl groups excluding tert-OH is 1. The number of benzene rings is 1. The molecule has 11 nitrogen and oxygen atoms in total. The van der Waals surface area contributed by atoms with Gasteiger partial charge in [-0.2, -0.15) is 4.98 Å². The number of fused-ring (bicyclic) bond motifs is 1. The van der Waals surface area contributed by atoms with Crippen LogP contribution < -0.4 is 29.7 Å². The van der Waals surface area contributed by atoms with Gasteiger partial charge in [-0.05, 0) is 12.8 Å². The van der Waals surface area contributed by atoms with Gasteiger partial charge in [-0.3, -0.25) is 0 Å². The third kappa shape index (κ3) is 3.97. The van der Waals surface area contributed by atoms with Crippen molar-refractivity contribution in [2.45, 2.75) is 32.0 Å². The van der Waals surface area contributed by atoms with Crippen molar-refractivity contribution in [3.63, 3.8) is 0 Å². The zero-order valence-electron chi connectivity index (χ0n) is 19.5. The maximum absolute atomic E-state index is 9.81. The van der Waals surface area contributed by atoms with Crippen LogP contribution in [0.1, 0.15) is 24.1 Å². The van der Waals surface area contributed by atoms with Crippen LogP contribution in [0.5, 0.6) is 17.2 Å². The molecule has 34 heavy (non-hydrogen) atoms. The molecule has 1 fully saturated rings. The zero-order valence-corrected chi connectivity index (χ0v) is 19.5. The van der Waals surface area contributed by atoms with E-state index in [1.165, 1.54) is 0 Å². The standard InChI is InChI=1S/C23H29N7O4/c1-32-18-7-15(8-19(33-2)21(18)34-3)29-11-20(25-13-29)27-23-26-17-10-24-9-16(17)22(28-23)30-6-4-5-14(30)12-31/h7-8,11,13-14,24,31H,4-6,9-10,12H2,1-3H3,(H,26,27,28)/t14-/m1/s1. The first-order chi connectivity index (χ1) is 16.6. The fourth-order valence-corrected chi connectivity index (χ4v) is 4.61. The van der Waals surface area contributed by atoms with Crippen molar-refractivity contribution in [3.05, 3.63) is 35.9 Å². The van der Waals surface area contributed by atoms with Crippen LogP contribution in [-0.4, -0.2) is 65.1 Å². The minimum atomic E-state index is 0.0895. The van der Waals surface area contributed by atoms with Crippen molar-refractivity contribution < 1.29 is 19.3 Å². The van der Waals surface area contributed by atoms with Gasteiger partial charge in [0.25, 0.3) is 0 Å². The van der Waals surface area contributed by atoms with Gasteiger partial charge in [0.15, 0.2) is 17.3 Å². The largest absolute Gasteiger partial charge is 0.493 e. The summed E-state index contributed by atoms with van der Waals surface area (Å²) < 4.78 is 18.2. The predicted octanol–water partition coefficient (Wildman–Crippen LogP) is 2.00. The van der Waals surface area contributed by atoms with Gasteiger partial charge in [-0.1, -0.05) is 0 Å². The van der Waals surface area contributed by atoms with E-state index in [0.29, 0.717) is 35.6 Å². The Morgan fingerprint density at radius 1 is 1.12 bits per heavy atom. The van der Waals surface area contributed by atoms with Crippen molar-refractivity contribution in [1.29, 1.82) is 0 Å². The minimum absolute atomic E-state index is 0.0895. The summed E-state index contributed by atoms with van der Waals surface area (Å²) >= 11 is 0. The zero-order chi connectivity index (χ0) is 23.7. The highest BCUT2D eigenvalue weighted by atomic mass is 16.5. The van der Waals surface area contributed by atoms with Gasteiger partial charge in [0.05, 0.1) is 51.6 Å². The number of rotatable bonds is 8. The Labute approximate surface area is 197 Å². The molecule has 0 radical (unpaired) electrons. The van der Waals surface area contributed by atoms with Gasteiger partial charge >= 0.3 is 0 Å². The van der Waals surface area contributed by atoms with E-state index in [9.17, 15) is 5.11 Å². The maximum atomic E-state index is 9.81. The number of anilines is 3. The van der Waals surface area contributed by atoms with E-state index in [1.807, 2.05) is 22.9 Å². The van der Waals surface area contributed by atoms with Gasteiger partial charge in [0.1, 0.15) is 12.1 Å². The van der Waals surface area contributed by atoms with E-state index in [0.717, 1.165) is 48.7 Å². The molecule has 1 saturated heterocycles. The van der Waals surface area contributed by atoms with Gasteiger partial charge in [-0.15, -0.1) is 0 Å². The van der Waals surface area contributed by atoms with Crippen LogP contribution in [-0.2, 0) is 13.1 Å². The molecule has 4 heterocycles. The van der Waals surface area contributed by atoms with Crippen molar-refractivity contribution in [2.24, 2.45) is 0 Å². The highest BCUT2D eigenvalue weighted by Gasteiger charge is 2.30. The lowest BCUT2D eigenvalue weighted by molar-refractivity contribution is 0.266. The third-order valence-corrected chi connectivity index (χ3v) is 6.30. The van der Waals surface area contributed by atoms with E-state index in [4.69, 9.17) is 24.2 Å². The molecule has 3 aromatic rings. The van der Waals surface area contributed by atoms with E-state index >= 15 is 0 Å². The molecule has 1 aromatic carbocycles. The summed E-state index contributed by atoms with van der Waals surface area (Å²) in [5, 5.41) is 16.4. The van der Waals surface area contributed by atoms with Crippen molar-refractivity contribution >= 4 is 17.6 Å². The number of aliphatic hydroxyl groups is 1.